The molecule has 6 unspecified atom stereocenters. The number of carbonyl (C=O) groups is 1. The molecule has 0 spiro atoms. The molecule has 0 saturated carbocycles. The highest BCUT2D eigenvalue weighted by molar-refractivity contribution is 7.80. The van der Waals surface area contributed by atoms with Crippen molar-refractivity contribution in [1.82, 2.24) is 0 Å². The number of aliphatic hydroxyl groups excluding tert-OH is 3. The smallest absolute Gasteiger partial charge is 0.397 e. The van der Waals surface area contributed by atoms with Crippen LogP contribution in [0.5, 0.6) is 0 Å². The normalized spacial score (nSPS) is 20.8. The lowest BCUT2D eigenvalue weighted by Crippen LogP contribution is -2.60. The highest BCUT2D eigenvalue weighted by Crippen LogP contribution is 2.26. The van der Waals surface area contributed by atoms with Gasteiger partial charge in [-0.05, 0) is 70.6 Å². The Balaban J connectivity index is 2.43. The van der Waals surface area contributed by atoms with E-state index >= 15 is 0 Å². The minimum atomic E-state index is -5.06. The summed E-state index contributed by atoms with van der Waals surface area (Å²) in [6.07, 6.45) is 35.7. The highest BCUT2D eigenvalue weighted by atomic mass is 32.3. The minimum Gasteiger partial charge on any atom is -0.457 e. The van der Waals surface area contributed by atoms with Crippen molar-refractivity contribution in [1.29, 1.82) is 0 Å². The molecule has 1 aliphatic rings. The first-order chi connectivity index (χ1) is 28.6. The Morgan fingerprint density at radius 2 is 1.17 bits per heavy atom. The fourth-order valence-corrected chi connectivity index (χ4v) is 7.25. The number of ether oxygens (including phenoxy) is 4. The molecule has 0 aliphatic carbocycles. The van der Waals surface area contributed by atoms with E-state index in [2.05, 4.69) is 66.6 Å². The highest BCUT2D eigenvalue weighted by Gasteiger charge is 2.48. The van der Waals surface area contributed by atoms with Crippen LogP contribution in [0.3, 0.4) is 0 Å². The Labute approximate surface area is 357 Å². The lowest BCUT2D eigenvalue weighted by atomic mass is 9.99. The molecule has 344 valence electrons. The summed E-state index contributed by atoms with van der Waals surface area (Å²) in [5, 5.41) is 30.7. The van der Waals surface area contributed by atoms with Gasteiger partial charge in [0, 0.05) is 13.0 Å². The molecule has 1 rings (SSSR count). The summed E-state index contributed by atoms with van der Waals surface area (Å²) >= 11 is 0. The number of rotatable bonds is 39. The van der Waals surface area contributed by atoms with Crippen molar-refractivity contribution in [3.8, 4) is 0 Å². The number of esters is 1. The zero-order valence-electron chi connectivity index (χ0n) is 36.6. The van der Waals surface area contributed by atoms with Crippen LogP contribution in [0.15, 0.2) is 48.6 Å². The van der Waals surface area contributed by atoms with Gasteiger partial charge in [-0.1, -0.05) is 146 Å². The maximum Gasteiger partial charge on any atom is 0.397 e. The first-order valence-corrected chi connectivity index (χ1v) is 24.3. The van der Waals surface area contributed by atoms with Crippen LogP contribution in [-0.4, -0.2) is 97.5 Å². The Bertz CT molecular complexity index is 1220. The van der Waals surface area contributed by atoms with Crippen molar-refractivity contribution >= 4 is 16.4 Å². The maximum absolute atomic E-state index is 12.8. The van der Waals surface area contributed by atoms with Crippen molar-refractivity contribution in [2.45, 2.75) is 211 Å². The summed E-state index contributed by atoms with van der Waals surface area (Å²) in [5.41, 5.74) is 0. The summed E-state index contributed by atoms with van der Waals surface area (Å²) in [6, 6.07) is 0. The fraction of sp³-hybridized carbons (Fsp3) is 0.804. The number of hydrogen-bond donors (Lipinski definition) is 4. The van der Waals surface area contributed by atoms with Crippen molar-refractivity contribution < 1.29 is 56.2 Å². The molecule has 12 nitrogen and oxygen atoms in total. The second kappa shape index (κ2) is 37.8. The fourth-order valence-electron chi connectivity index (χ4n) is 6.74. The Morgan fingerprint density at radius 3 is 1.73 bits per heavy atom. The van der Waals surface area contributed by atoms with Crippen LogP contribution in [0, 0.1) is 0 Å². The molecule has 0 aromatic carbocycles. The van der Waals surface area contributed by atoms with E-state index in [-0.39, 0.29) is 19.6 Å². The predicted molar refractivity (Wildman–Crippen MR) is 234 cm³/mol. The van der Waals surface area contributed by atoms with Gasteiger partial charge in [-0.25, -0.2) is 4.18 Å². The van der Waals surface area contributed by atoms with Crippen LogP contribution < -0.4 is 0 Å². The van der Waals surface area contributed by atoms with Gasteiger partial charge in [-0.3, -0.25) is 9.35 Å². The second-order valence-corrected chi connectivity index (χ2v) is 16.7. The molecule has 0 aromatic heterocycles. The minimum absolute atomic E-state index is 0.0266. The van der Waals surface area contributed by atoms with Crippen LogP contribution in [0.25, 0.3) is 0 Å². The van der Waals surface area contributed by atoms with E-state index in [0.29, 0.717) is 13.0 Å². The topological polar surface area (TPSA) is 178 Å². The number of aliphatic hydroxyl groups is 3. The Morgan fingerprint density at radius 1 is 0.661 bits per heavy atom. The molecule has 6 atom stereocenters. The van der Waals surface area contributed by atoms with Gasteiger partial charge >= 0.3 is 16.4 Å². The van der Waals surface area contributed by atoms with E-state index in [4.69, 9.17) is 23.5 Å². The number of carbonyl (C=O) groups excluding carboxylic acids is 1. The average Bonchev–Trinajstić information content (AvgIpc) is 3.20. The summed E-state index contributed by atoms with van der Waals surface area (Å²) in [7, 11) is -5.06. The molecule has 0 radical (unpaired) electrons. The molecule has 4 N–H and O–H groups in total. The average molecular weight is 859 g/mol. The third-order valence-electron chi connectivity index (χ3n) is 10.2. The molecule has 1 fully saturated rings. The van der Waals surface area contributed by atoms with Gasteiger partial charge in [0.1, 0.15) is 30.5 Å². The number of allylic oxidation sites excluding steroid dienone is 8. The largest absolute Gasteiger partial charge is 0.457 e. The van der Waals surface area contributed by atoms with Crippen molar-refractivity contribution in [2.24, 2.45) is 0 Å². The van der Waals surface area contributed by atoms with Crippen molar-refractivity contribution in [3.05, 3.63) is 48.6 Å². The van der Waals surface area contributed by atoms with Crippen molar-refractivity contribution in [2.75, 3.05) is 26.4 Å². The summed E-state index contributed by atoms with van der Waals surface area (Å²) in [6.45, 7) is 3.84. The van der Waals surface area contributed by atoms with Gasteiger partial charge in [-0.2, -0.15) is 8.42 Å². The molecule has 13 heteroatoms. The maximum atomic E-state index is 12.8. The van der Waals surface area contributed by atoms with Crippen LogP contribution >= 0.6 is 0 Å². The molecular weight excluding hydrogens is 777 g/mol. The number of unbranched alkanes of at least 4 members (excludes halogenated alkanes) is 18. The third kappa shape index (κ3) is 31.6. The standard InChI is InChI=1S/C46H82O12S/c1-3-5-7-9-11-13-15-17-19-20-21-22-24-26-28-30-32-34-36-54-38-40(39-55-46-44(50)45(58-59(51,52)53)43(49)41(37-47)57-46)56-42(48)35-33-31-29-27-25-23-18-16-14-12-10-8-6-4-2/h5,7,11,13,16-19,40-41,43-47,49-50H,3-4,6,8-10,12,14-15,20-39H2,1-2H3,(H,51,52,53)/b7-5-,13-11-,18-16-,19-17-. The second-order valence-electron chi connectivity index (χ2n) is 15.6. The van der Waals surface area contributed by atoms with Gasteiger partial charge in [0.25, 0.3) is 0 Å². The predicted octanol–water partition coefficient (Wildman–Crippen LogP) is 9.58. The Kier molecular flexibility index (Phi) is 35.3. The Hall–Kier alpha value is -1.94. The van der Waals surface area contributed by atoms with E-state index < -0.39 is 59.8 Å². The lowest BCUT2D eigenvalue weighted by molar-refractivity contribution is -0.301. The van der Waals surface area contributed by atoms with Crippen LogP contribution in [0.1, 0.15) is 174 Å². The van der Waals surface area contributed by atoms with E-state index in [1.807, 2.05) is 0 Å². The van der Waals surface area contributed by atoms with E-state index in [1.54, 1.807) is 0 Å². The zero-order chi connectivity index (χ0) is 43.2. The van der Waals surface area contributed by atoms with E-state index in [1.165, 1.54) is 64.2 Å². The van der Waals surface area contributed by atoms with E-state index in [0.717, 1.165) is 83.5 Å². The molecule has 1 aliphatic heterocycles. The summed E-state index contributed by atoms with van der Waals surface area (Å²) in [5.74, 6) is -0.412. The van der Waals surface area contributed by atoms with Gasteiger partial charge in [-0.15, -0.1) is 0 Å². The quantitative estimate of drug-likeness (QED) is 0.0199. The van der Waals surface area contributed by atoms with Gasteiger partial charge < -0.3 is 34.3 Å². The summed E-state index contributed by atoms with van der Waals surface area (Å²) < 4.78 is 59.0. The van der Waals surface area contributed by atoms with E-state index in [9.17, 15) is 28.5 Å². The molecular formula is C46H82O12S. The first-order valence-electron chi connectivity index (χ1n) is 22.9. The van der Waals surface area contributed by atoms with Gasteiger partial charge in [0.15, 0.2) is 6.29 Å². The van der Waals surface area contributed by atoms with Crippen LogP contribution in [0.4, 0.5) is 0 Å². The van der Waals surface area contributed by atoms with Crippen LogP contribution in [0.2, 0.25) is 0 Å². The van der Waals surface area contributed by atoms with Gasteiger partial charge in [0.2, 0.25) is 0 Å². The third-order valence-corrected chi connectivity index (χ3v) is 10.7. The van der Waals surface area contributed by atoms with Crippen LogP contribution in [-0.2, 0) is 38.3 Å². The van der Waals surface area contributed by atoms with Gasteiger partial charge in [0.05, 0.1) is 19.8 Å². The lowest BCUT2D eigenvalue weighted by Gasteiger charge is -2.41. The zero-order valence-corrected chi connectivity index (χ0v) is 37.4. The molecule has 1 saturated heterocycles. The SMILES string of the molecule is CC/C=C\C/C=C\C/C=C\CCCCCCCCCCOCC(COC1OC(CO)C(O)C(OS(=O)(=O)O)C1O)OC(=O)CCCCCCC/C=C\CCCCCCC. The molecule has 59 heavy (non-hydrogen) atoms. The molecule has 0 amide bonds. The first kappa shape index (κ1) is 55.1. The molecule has 0 bridgehead atoms. The van der Waals surface area contributed by atoms with Crippen molar-refractivity contribution in [3.63, 3.8) is 0 Å². The molecule has 1 heterocycles. The summed E-state index contributed by atoms with van der Waals surface area (Å²) in [4.78, 5) is 12.8. The number of hydrogen-bond acceptors (Lipinski definition) is 11. The molecule has 0 aromatic rings. The monoisotopic (exact) mass is 859 g/mol.